The van der Waals surface area contributed by atoms with Gasteiger partial charge in [-0.15, -0.1) is 0 Å². The average Bonchev–Trinajstić information content (AvgIpc) is 2.74. The van der Waals surface area contributed by atoms with Gasteiger partial charge in [0.25, 0.3) is 0 Å². The Bertz CT molecular complexity index is 453. The normalized spacial score (nSPS) is 30.2. The second kappa shape index (κ2) is 3.32. The third-order valence-corrected chi connectivity index (χ3v) is 4.15. The van der Waals surface area contributed by atoms with Crippen LogP contribution in [0.2, 0.25) is 0 Å². The molecule has 2 rings (SSSR count). The molecule has 1 aromatic rings. The van der Waals surface area contributed by atoms with Crippen molar-refractivity contribution in [2.24, 2.45) is 5.92 Å². The van der Waals surface area contributed by atoms with E-state index in [4.69, 9.17) is 0 Å². The Hall–Kier alpha value is -0.870. The molecule has 0 saturated heterocycles. The summed E-state index contributed by atoms with van der Waals surface area (Å²) in [5.41, 5.74) is 1.02. The van der Waals surface area contributed by atoms with Crippen LogP contribution in [0.5, 0.6) is 0 Å². The molecule has 0 aliphatic heterocycles. The number of benzene rings is 1. The summed E-state index contributed by atoms with van der Waals surface area (Å²) in [7, 11) is -3.11. The van der Waals surface area contributed by atoms with E-state index in [0.717, 1.165) is 5.56 Å². The fraction of sp³-hybridized carbons (Fsp3) is 0.455. The van der Waals surface area contributed by atoms with Crippen molar-refractivity contribution in [3.05, 3.63) is 29.8 Å². The van der Waals surface area contributed by atoms with E-state index in [1.54, 1.807) is 24.3 Å². The molecule has 4 heteroatoms. The minimum absolute atomic E-state index is 0.179. The number of aliphatic hydroxyl groups excluding tert-OH is 1. The zero-order valence-electron chi connectivity index (χ0n) is 8.71. The first-order valence-electron chi connectivity index (χ1n) is 4.89. The topological polar surface area (TPSA) is 54.4 Å². The highest BCUT2D eigenvalue weighted by Crippen LogP contribution is 2.47. The quantitative estimate of drug-likeness (QED) is 0.824. The Morgan fingerprint density at radius 1 is 1.20 bits per heavy atom. The van der Waals surface area contributed by atoms with Gasteiger partial charge in [0, 0.05) is 12.2 Å². The monoisotopic (exact) mass is 226 g/mol. The second-order valence-electron chi connectivity index (χ2n) is 4.22. The Kier molecular flexibility index (Phi) is 2.35. The summed E-state index contributed by atoms with van der Waals surface area (Å²) in [4.78, 5) is 0.328. The molecule has 0 amide bonds. The molecule has 3 nitrogen and oxygen atoms in total. The molecule has 15 heavy (non-hydrogen) atoms. The number of rotatable bonds is 2. The van der Waals surface area contributed by atoms with Gasteiger partial charge in [0.15, 0.2) is 9.84 Å². The lowest BCUT2D eigenvalue weighted by Gasteiger charge is -2.01. The van der Waals surface area contributed by atoms with Gasteiger partial charge in [0.2, 0.25) is 0 Å². The molecular formula is C11H14O3S. The van der Waals surface area contributed by atoms with Gasteiger partial charge >= 0.3 is 0 Å². The minimum atomic E-state index is -3.11. The first kappa shape index (κ1) is 10.6. The first-order chi connectivity index (χ1) is 6.91. The molecule has 82 valence electrons. The molecule has 3 unspecified atom stereocenters. The van der Waals surface area contributed by atoms with Crippen molar-refractivity contribution < 1.29 is 13.5 Å². The molecule has 0 aromatic heterocycles. The van der Waals surface area contributed by atoms with Crippen LogP contribution in [-0.4, -0.2) is 25.9 Å². The van der Waals surface area contributed by atoms with Crippen LogP contribution < -0.4 is 0 Å². The molecular weight excluding hydrogens is 212 g/mol. The van der Waals surface area contributed by atoms with Crippen LogP contribution in [0, 0.1) is 5.92 Å². The number of sulfone groups is 1. The van der Waals surface area contributed by atoms with Gasteiger partial charge < -0.3 is 5.11 Å². The summed E-state index contributed by atoms with van der Waals surface area (Å²) in [6, 6.07) is 6.77. The Morgan fingerprint density at radius 3 is 2.00 bits per heavy atom. The van der Waals surface area contributed by atoms with E-state index < -0.39 is 9.84 Å². The molecule has 1 aliphatic carbocycles. The Labute approximate surface area is 89.7 Å². The zero-order valence-corrected chi connectivity index (χ0v) is 9.53. The molecule has 1 fully saturated rings. The largest absolute Gasteiger partial charge is 0.392 e. The molecule has 0 spiro atoms. The lowest BCUT2D eigenvalue weighted by molar-refractivity contribution is 0.258. The SMILES string of the molecule is CC1C(O)C1c1ccc(S(C)(=O)=O)cc1. The first-order valence-corrected chi connectivity index (χ1v) is 6.78. The highest BCUT2D eigenvalue weighted by molar-refractivity contribution is 7.90. The van der Waals surface area contributed by atoms with Crippen LogP contribution in [0.25, 0.3) is 0 Å². The van der Waals surface area contributed by atoms with Crippen LogP contribution in [0.15, 0.2) is 29.2 Å². The highest BCUT2D eigenvalue weighted by Gasteiger charge is 2.46. The summed E-state index contributed by atoms with van der Waals surface area (Å²) in [6.45, 7) is 1.99. The van der Waals surface area contributed by atoms with E-state index in [9.17, 15) is 13.5 Å². The summed E-state index contributed by atoms with van der Waals surface area (Å²) in [5.74, 6) is 0.465. The van der Waals surface area contributed by atoms with Gasteiger partial charge in [-0.05, 0) is 23.6 Å². The molecule has 0 heterocycles. The summed E-state index contributed by atoms with van der Waals surface area (Å²) in [6.07, 6.45) is 0.922. The number of aliphatic hydroxyl groups is 1. The molecule has 1 aromatic carbocycles. The Balaban J connectivity index is 2.26. The lowest BCUT2D eigenvalue weighted by Crippen LogP contribution is -1.97. The summed E-state index contributed by atoms with van der Waals surface area (Å²) < 4.78 is 22.4. The Morgan fingerprint density at radius 2 is 1.67 bits per heavy atom. The predicted octanol–water partition coefficient (Wildman–Crippen LogP) is 1.18. The summed E-state index contributed by atoms with van der Waals surface area (Å²) >= 11 is 0. The van der Waals surface area contributed by atoms with Crippen molar-refractivity contribution in [2.75, 3.05) is 6.26 Å². The van der Waals surface area contributed by atoms with Gasteiger partial charge in [-0.3, -0.25) is 0 Å². The predicted molar refractivity (Wildman–Crippen MR) is 57.5 cm³/mol. The van der Waals surface area contributed by atoms with Crippen molar-refractivity contribution in [1.82, 2.24) is 0 Å². The van der Waals surface area contributed by atoms with Gasteiger partial charge in [-0.1, -0.05) is 19.1 Å². The van der Waals surface area contributed by atoms with Crippen LogP contribution in [0.3, 0.4) is 0 Å². The summed E-state index contributed by atoms with van der Waals surface area (Å²) in [5, 5.41) is 9.46. The van der Waals surface area contributed by atoms with E-state index in [2.05, 4.69) is 0 Å². The maximum atomic E-state index is 11.2. The maximum Gasteiger partial charge on any atom is 0.175 e. The lowest BCUT2D eigenvalue weighted by atomic mass is 10.1. The van der Waals surface area contributed by atoms with E-state index in [1.165, 1.54) is 6.26 Å². The number of hydrogen-bond acceptors (Lipinski definition) is 3. The fourth-order valence-electron chi connectivity index (χ4n) is 1.88. The third-order valence-electron chi connectivity index (χ3n) is 3.03. The molecule has 3 atom stereocenters. The zero-order chi connectivity index (χ0) is 11.2. The van der Waals surface area contributed by atoms with Gasteiger partial charge in [0.05, 0.1) is 11.0 Å². The molecule has 1 aliphatic rings. The van der Waals surface area contributed by atoms with Crippen LogP contribution in [-0.2, 0) is 9.84 Å². The van der Waals surface area contributed by atoms with Crippen molar-refractivity contribution in [3.63, 3.8) is 0 Å². The highest BCUT2D eigenvalue weighted by atomic mass is 32.2. The molecule has 1 N–H and O–H groups in total. The van der Waals surface area contributed by atoms with Crippen molar-refractivity contribution in [1.29, 1.82) is 0 Å². The fourth-order valence-corrected chi connectivity index (χ4v) is 2.51. The van der Waals surface area contributed by atoms with Crippen molar-refractivity contribution in [2.45, 2.75) is 23.8 Å². The van der Waals surface area contributed by atoms with E-state index in [1.807, 2.05) is 6.92 Å². The van der Waals surface area contributed by atoms with E-state index >= 15 is 0 Å². The molecule has 0 bridgehead atoms. The molecule has 1 saturated carbocycles. The standard InChI is InChI=1S/C11H14O3S/c1-7-10(11(7)12)8-3-5-9(6-4-8)15(2,13)14/h3-7,10-12H,1-2H3. The smallest absolute Gasteiger partial charge is 0.175 e. The second-order valence-corrected chi connectivity index (χ2v) is 6.23. The van der Waals surface area contributed by atoms with E-state index in [-0.39, 0.29) is 17.9 Å². The van der Waals surface area contributed by atoms with Crippen LogP contribution in [0.4, 0.5) is 0 Å². The minimum Gasteiger partial charge on any atom is -0.392 e. The maximum absolute atomic E-state index is 11.2. The van der Waals surface area contributed by atoms with Crippen molar-refractivity contribution >= 4 is 9.84 Å². The third kappa shape index (κ3) is 1.92. The average molecular weight is 226 g/mol. The van der Waals surface area contributed by atoms with Gasteiger partial charge in [-0.25, -0.2) is 8.42 Å². The van der Waals surface area contributed by atoms with Crippen LogP contribution in [0.1, 0.15) is 18.4 Å². The van der Waals surface area contributed by atoms with Crippen molar-refractivity contribution in [3.8, 4) is 0 Å². The van der Waals surface area contributed by atoms with E-state index in [0.29, 0.717) is 4.90 Å². The van der Waals surface area contributed by atoms with Gasteiger partial charge in [0.1, 0.15) is 0 Å². The number of hydrogen-bond donors (Lipinski definition) is 1. The van der Waals surface area contributed by atoms with Crippen LogP contribution >= 0.6 is 0 Å². The molecule has 0 radical (unpaired) electrons. The van der Waals surface area contributed by atoms with Gasteiger partial charge in [-0.2, -0.15) is 0 Å².